The highest BCUT2D eigenvalue weighted by atomic mass is 19.3. The molecule has 1 aliphatic rings. The maximum absolute atomic E-state index is 14.3. The Kier molecular flexibility index (Phi) is 3.66. The number of alkyl halides is 4. The first-order chi connectivity index (χ1) is 10.8. The van der Waals surface area contributed by atoms with Crippen molar-refractivity contribution >= 4 is 17.0 Å². The van der Waals surface area contributed by atoms with Crippen molar-refractivity contribution in [2.24, 2.45) is 0 Å². The Morgan fingerprint density at radius 1 is 1.22 bits per heavy atom. The molecule has 1 aliphatic heterocycles. The molecule has 126 valence electrons. The van der Waals surface area contributed by atoms with Crippen LogP contribution in [0.1, 0.15) is 32.4 Å². The zero-order valence-electron chi connectivity index (χ0n) is 12.2. The maximum atomic E-state index is 14.3. The highest BCUT2D eigenvalue weighted by Gasteiger charge is 2.72. The first kappa shape index (κ1) is 15.9. The van der Waals surface area contributed by atoms with Gasteiger partial charge in [-0.3, -0.25) is 4.57 Å². The second kappa shape index (κ2) is 5.29. The summed E-state index contributed by atoms with van der Waals surface area (Å²) >= 11 is 0. The van der Waals surface area contributed by atoms with Crippen molar-refractivity contribution in [3.05, 3.63) is 12.7 Å². The van der Waals surface area contributed by atoms with Crippen LogP contribution in [0.2, 0.25) is 0 Å². The lowest BCUT2D eigenvalue weighted by Gasteiger charge is -2.23. The van der Waals surface area contributed by atoms with Crippen molar-refractivity contribution < 1.29 is 22.3 Å². The van der Waals surface area contributed by atoms with Gasteiger partial charge in [0.25, 0.3) is 0 Å². The van der Waals surface area contributed by atoms with Gasteiger partial charge in [0.1, 0.15) is 17.9 Å². The second-order valence-corrected chi connectivity index (χ2v) is 5.45. The molecule has 1 saturated heterocycles. The van der Waals surface area contributed by atoms with Crippen molar-refractivity contribution in [2.45, 2.75) is 50.4 Å². The van der Waals surface area contributed by atoms with Crippen molar-refractivity contribution in [2.75, 3.05) is 5.73 Å². The van der Waals surface area contributed by atoms with E-state index in [4.69, 9.17) is 10.5 Å². The summed E-state index contributed by atoms with van der Waals surface area (Å²) in [6.07, 6.45) is -1.23. The van der Waals surface area contributed by atoms with E-state index in [0.717, 1.165) is 17.2 Å². The highest BCUT2D eigenvalue weighted by molar-refractivity contribution is 5.81. The van der Waals surface area contributed by atoms with Gasteiger partial charge in [0.15, 0.2) is 11.5 Å². The Hall–Kier alpha value is -1.97. The van der Waals surface area contributed by atoms with Crippen LogP contribution in [0.15, 0.2) is 12.7 Å². The minimum atomic E-state index is -4.39. The van der Waals surface area contributed by atoms with Gasteiger partial charge in [-0.1, -0.05) is 19.8 Å². The van der Waals surface area contributed by atoms with Crippen molar-refractivity contribution in [3.8, 4) is 0 Å². The molecule has 2 atom stereocenters. The van der Waals surface area contributed by atoms with E-state index in [0.29, 0.717) is 12.8 Å². The summed E-state index contributed by atoms with van der Waals surface area (Å²) in [5, 5.41) is 0. The SMILES string of the molecule is CCCC[C@H]1O[C@H](n2cnc3c(N)ncnc32)C(F)(F)C1(F)F. The van der Waals surface area contributed by atoms with Crippen LogP contribution < -0.4 is 5.73 Å². The van der Waals surface area contributed by atoms with Crippen molar-refractivity contribution in [1.29, 1.82) is 0 Å². The van der Waals surface area contributed by atoms with Crippen LogP contribution >= 0.6 is 0 Å². The zero-order valence-corrected chi connectivity index (χ0v) is 12.2. The highest BCUT2D eigenvalue weighted by Crippen LogP contribution is 2.54. The molecule has 0 saturated carbocycles. The van der Waals surface area contributed by atoms with Gasteiger partial charge in [-0.25, -0.2) is 15.0 Å². The van der Waals surface area contributed by atoms with Crippen LogP contribution in [0.5, 0.6) is 0 Å². The van der Waals surface area contributed by atoms with Crippen LogP contribution in [-0.4, -0.2) is 37.5 Å². The number of hydrogen-bond donors (Lipinski definition) is 1. The maximum Gasteiger partial charge on any atom is 0.356 e. The normalized spacial score (nSPS) is 26.0. The molecule has 1 fully saturated rings. The lowest BCUT2D eigenvalue weighted by atomic mass is 10.0. The third kappa shape index (κ3) is 2.23. The van der Waals surface area contributed by atoms with Crippen molar-refractivity contribution in [3.63, 3.8) is 0 Å². The molecule has 0 bridgehead atoms. The predicted octanol–water partition coefficient (Wildman–Crippen LogP) is 2.77. The molecular formula is C13H15F4N5O. The molecule has 2 aromatic heterocycles. The van der Waals surface area contributed by atoms with Gasteiger partial charge in [-0.15, -0.1) is 0 Å². The third-order valence-corrected chi connectivity index (χ3v) is 3.91. The Labute approximate surface area is 128 Å². The molecule has 0 radical (unpaired) electrons. The van der Waals surface area contributed by atoms with E-state index < -0.39 is 24.2 Å². The van der Waals surface area contributed by atoms with Gasteiger partial charge in [-0.05, 0) is 6.42 Å². The smallest absolute Gasteiger partial charge is 0.356 e. The summed E-state index contributed by atoms with van der Waals surface area (Å²) in [5.74, 6) is -8.69. The molecule has 0 aliphatic carbocycles. The number of ether oxygens (including phenoxy) is 1. The summed E-state index contributed by atoms with van der Waals surface area (Å²) in [5.41, 5.74) is 5.57. The molecule has 3 heterocycles. The molecule has 10 heteroatoms. The van der Waals surface area contributed by atoms with E-state index in [1.165, 1.54) is 0 Å². The number of nitrogen functional groups attached to an aromatic ring is 1. The second-order valence-electron chi connectivity index (χ2n) is 5.45. The average molecular weight is 333 g/mol. The largest absolute Gasteiger partial charge is 0.382 e. The average Bonchev–Trinajstić information content (AvgIpc) is 2.98. The minimum Gasteiger partial charge on any atom is -0.382 e. The van der Waals surface area contributed by atoms with Gasteiger partial charge >= 0.3 is 11.8 Å². The molecule has 0 amide bonds. The summed E-state index contributed by atoms with van der Waals surface area (Å²) < 4.78 is 62.4. The molecule has 0 aromatic carbocycles. The number of unbranched alkanes of at least 4 members (excludes halogenated alkanes) is 1. The Morgan fingerprint density at radius 2 is 1.96 bits per heavy atom. The van der Waals surface area contributed by atoms with E-state index in [1.807, 2.05) is 0 Å². The number of fused-ring (bicyclic) bond motifs is 1. The van der Waals surface area contributed by atoms with Crippen molar-refractivity contribution in [1.82, 2.24) is 19.5 Å². The van der Waals surface area contributed by atoms with Crippen LogP contribution in [0.4, 0.5) is 23.4 Å². The molecular weight excluding hydrogens is 318 g/mol. The van der Waals surface area contributed by atoms with Gasteiger partial charge in [0, 0.05) is 0 Å². The van der Waals surface area contributed by atoms with Gasteiger partial charge < -0.3 is 10.5 Å². The third-order valence-electron chi connectivity index (χ3n) is 3.91. The number of nitrogens with two attached hydrogens (primary N) is 1. The fraction of sp³-hybridized carbons (Fsp3) is 0.615. The fourth-order valence-corrected chi connectivity index (χ4v) is 2.63. The zero-order chi connectivity index (χ0) is 16.8. The number of rotatable bonds is 4. The Balaban J connectivity index is 2.03. The van der Waals surface area contributed by atoms with Gasteiger partial charge in [-0.2, -0.15) is 17.6 Å². The van der Waals surface area contributed by atoms with E-state index in [1.54, 1.807) is 6.92 Å². The first-order valence-corrected chi connectivity index (χ1v) is 7.14. The van der Waals surface area contributed by atoms with E-state index in [9.17, 15) is 17.6 Å². The Bertz CT molecular complexity index is 719. The number of imidazole rings is 1. The lowest BCUT2D eigenvalue weighted by Crippen LogP contribution is -2.45. The number of hydrogen-bond acceptors (Lipinski definition) is 5. The molecule has 23 heavy (non-hydrogen) atoms. The van der Waals surface area contributed by atoms with Gasteiger partial charge in [0.05, 0.1) is 6.33 Å². The number of halogens is 4. The Morgan fingerprint density at radius 3 is 2.65 bits per heavy atom. The fourth-order valence-electron chi connectivity index (χ4n) is 2.63. The van der Waals surface area contributed by atoms with Gasteiger partial charge in [0.2, 0.25) is 6.23 Å². The minimum absolute atomic E-state index is 0.0237. The molecule has 6 nitrogen and oxygen atoms in total. The predicted molar refractivity (Wildman–Crippen MR) is 73.1 cm³/mol. The summed E-state index contributed by atoms with van der Waals surface area (Å²) in [6, 6.07) is 0. The van der Waals surface area contributed by atoms with Crippen LogP contribution in [0.3, 0.4) is 0 Å². The first-order valence-electron chi connectivity index (χ1n) is 7.14. The summed E-state index contributed by atoms with van der Waals surface area (Å²) in [6.45, 7) is 1.78. The summed E-state index contributed by atoms with van der Waals surface area (Å²) in [4.78, 5) is 11.3. The van der Waals surface area contributed by atoms with E-state index in [2.05, 4.69) is 15.0 Å². The molecule has 0 unspecified atom stereocenters. The molecule has 2 aromatic rings. The van der Waals surface area contributed by atoms with E-state index >= 15 is 0 Å². The summed E-state index contributed by atoms with van der Waals surface area (Å²) in [7, 11) is 0. The molecule has 3 rings (SSSR count). The van der Waals surface area contributed by atoms with Crippen LogP contribution in [-0.2, 0) is 4.74 Å². The standard InChI is InChI=1S/C13H15F4N5O/c1-2-3-4-7-12(14,15)13(16,17)11(23-7)22-6-21-8-9(18)19-5-20-10(8)22/h5-7,11H,2-4H2,1H3,(H2,18,19,20)/t7-,11+/m1/s1. The molecule has 0 spiro atoms. The number of nitrogens with zero attached hydrogens (tertiary/aromatic N) is 4. The topological polar surface area (TPSA) is 78.9 Å². The van der Waals surface area contributed by atoms with E-state index in [-0.39, 0.29) is 23.4 Å². The number of aromatic nitrogens is 4. The van der Waals surface area contributed by atoms with Crippen LogP contribution in [0, 0.1) is 0 Å². The lowest BCUT2D eigenvalue weighted by molar-refractivity contribution is -0.207. The molecule has 2 N–H and O–H groups in total. The monoisotopic (exact) mass is 333 g/mol. The van der Waals surface area contributed by atoms with Crippen LogP contribution in [0.25, 0.3) is 11.2 Å². The number of anilines is 1. The quantitative estimate of drug-likeness (QED) is 0.871.